The maximum atomic E-state index is 14.0. The van der Waals surface area contributed by atoms with Crippen LogP contribution in [0.4, 0.5) is 8.78 Å². The fourth-order valence-electron chi connectivity index (χ4n) is 1.69. The fraction of sp³-hybridized carbons (Fsp3) is 0.455. The van der Waals surface area contributed by atoms with Crippen LogP contribution in [0, 0.1) is 5.82 Å². The van der Waals surface area contributed by atoms with Gasteiger partial charge in [-0.05, 0) is 29.9 Å². The van der Waals surface area contributed by atoms with E-state index in [-0.39, 0.29) is 5.82 Å². The molecule has 0 aromatic heterocycles. The maximum Gasteiger partial charge on any atom is 0.124 e. The van der Waals surface area contributed by atoms with Gasteiger partial charge in [0.2, 0.25) is 0 Å². The van der Waals surface area contributed by atoms with Crippen molar-refractivity contribution >= 4 is 11.8 Å². The number of alkyl halides is 1. The van der Waals surface area contributed by atoms with Crippen molar-refractivity contribution in [3.63, 3.8) is 0 Å². The second-order valence-corrected chi connectivity index (χ2v) is 4.86. The molecule has 1 aliphatic heterocycles. The quantitative estimate of drug-likeness (QED) is 0.728. The van der Waals surface area contributed by atoms with Crippen LogP contribution < -0.4 is 0 Å². The van der Waals surface area contributed by atoms with Gasteiger partial charge in [-0.3, -0.25) is 0 Å². The van der Waals surface area contributed by atoms with Gasteiger partial charge in [-0.2, -0.15) is 11.8 Å². The van der Waals surface area contributed by atoms with Crippen LogP contribution in [0.5, 0.6) is 0 Å². The zero-order chi connectivity index (χ0) is 10.0. The Kier molecular flexibility index (Phi) is 2.77. The Morgan fingerprint density at radius 3 is 2.57 bits per heavy atom. The Labute approximate surface area is 86.7 Å². The lowest BCUT2D eigenvalue weighted by Crippen LogP contribution is -2.24. The molecule has 0 spiro atoms. The Bertz CT molecular complexity index is 302. The van der Waals surface area contributed by atoms with Crippen molar-refractivity contribution in [2.24, 2.45) is 0 Å². The summed E-state index contributed by atoms with van der Waals surface area (Å²) in [5.41, 5.74) is -0.181. The van der Waals surface area contributed by atoms with Crippen molar-refractivity contribution in [2.75, 3.05) is 11.5 Å². The summed E-state index contributed by atoms with van der Waals surface area (Å²) in [6, 6.07) is 6.11. The summed E-state index contributed by atoms with van der Waals surface area (Å²) in [5, 5.41) is 0. The lowest BCUT2D eigenvalue weighted by atomic mass is 9.96. The fourth-order valence-corrected chi connectivity index (χ4v) is 2.96. The summed E-state index contributed by atoms with van der Waals surface area (Å²) >= 11 is 1.65. The van der Waals surface area contributed by atoms with E-state index >= 15 is 0 Å². The summed E-state index contributed by atoms with van der Waals surface area (Å²) < 4.78 is 26.6. The molecule has 1 saturated heterocycles. The first kappa shape index (κ1) is 9.97. The Morgan fingerprint density at radius 1 is 1.29 bits per heavy atom. The zero-order valence-electron chi connectivity index (χ0n) is 7.80. The first-order chi connectivity index (χ1) is 6.68. The number of rotatable bonds is 2. The minimum absolute atomic E-state index is 0.262. The van der Waals surface area contributed by atoms with Crippen LogP contribution in [0.3, 0.4) is 0 Å². The molecule has 76 valence electrons. The third kappa shape index (κ3) is 2.27. The SMILES string of the molecule is Fc1ccc(CC2(F)CCSC2)cc1. The van der Waals surface area contributed by atoms with Gasteiger partial charge in [-0.25, -0.2) is 8.78 Å². The highest BCUT2D eigenvalue weighted by molar-refractivity contribution is 7.99. The van der Waals surface area contributed by atoms with Crippen molar-refractivity contribution in [2.45, 2.75) is 18.5 Å². The van der Waals surface area contributed by atoms with Crippen LogP contribution in [-0.2, 0) is 6.42 Å². The van der Waals surface area contributed by atoms with Crippen molar-refractivity contribution in [3.05, 3.63) is 35.6 Å². The molecule has 0 amide bonds. The van der Waals surface area contributed by atoms with Gasteiger partial charge in [-0.15, -0.1) is 0 Å². The van der Waals surface area contributed by atoms with Crippen molar-refractivity contribution in [1.82, 2.24) is 0 Å². The van der Waals surface area contributed by atoms with Gasteiger partial charge in [0.05, 0.1) is 0 Å². The molecule has 1 aromatic rings. The number of hydrogen-bond donors (Lipinski definition) is 0. The van der Waals surface area contributed by atoms with Gasteiger partial charge in [-0.1, -0.05) is 12.1 Å². The molecular weight excluding hydrogens is 202 g/mol. The van der Waals surface area contributed by atoms with E-state index in [1.807, 2.05) is 0 Å². The van der Waals surface area contributed by atoms with Crippen molar-refractivity contribution < 1.29 is 8.78 Å². The Balaban J connectivity index is 2.06. The molecular formula is C11H12F2S. The Morgan fingerprint density at radius 2 is 2.00 bits per heavy atom. The summed E-state index contributed by atoms with van der Waals surface area (Å²) in [7, 11) is 0. The van der Waals surface area contributed by atoms with E-state index in [0.29, 0.717) is 18.6 Å². The number of halogens is 2. The standard InChI is InChI=1S/C11H12F2S/c12-10-3-1-9(2-4-10)7-11(13)5-6-14-8-11/h1-4H,5-8H2. The first-order valence-electron chi connectivity index (χ1n) is 4.69. The van der Waals surface area contributed by atoms with Crippen LogP contribution in [0.15, 0.2) is 24.3 Å². The lowest BCUT2D eigenvalue weighted by Gasteiger charge is -2.17. The van der Waals surface area contributed by atoms with E-state index < -0.39 is 5.67 Å². The number of thioether (sulfide) groups is 1. The molecule has 14 heavy (non-hydrogen) atoms. The second kappa shape index (κ2) is 3.89. The lowest BCUT2D eigenvalue weighted by molar-refractivity contribution is 0.199. The molecule has 2 rings (SSSR count). The van der Waals surface area contributed by atoms with Gasteiger partial charge in [0, 0.05) is 12.2 Å². The summed E-state index contributed by atoms with van der Waals surface area (Å²) in [5.74, 6) is 1.21. The van der Waals surface area contributed by atoms with E-state index in [4.69, 9.17) is 0 Å². The molecule has 1 unspecified atom stereocenters. The van der Waals surface area contributed by atoms with Crippen LogP contribution in [0.25, 0.3) is 0 Å². The predicted octanol–water partition coefficient (Wildman–Crippen LogP) is 3.21. The van der Waals surface area contributed by atoms with E-state index in [1.165, 1.54) is 12.1 Å². The summed E-state index contributed by atoms with van der Waals surface area (Å²) in [6.45, 7) is 0. The molecule has 0 aliphatic carbocycles. The van der Waals surface area contributed by atoms with Gasteiger partial charge in [0.15, 0.2) is 0 Å². The average Bonchev–Trinajstić information content (AvgIpc) is 2.57. The highest BCUT2D eigenvalue weighted by Gasteiger charge is 2.34. The van der Waals surface area contributed by atoms with Crippen LogP contribution in [0.2, 0.25) is 0 Å². The molecule has 1 aliphatic rings. The van der Waals surface area contributed by atoms with E-state index in [2.05, 4.69) is 0 Å². The van der Waals surface area contributed by atoms with E-state index in [1.54, 1.807) is 23.9 Å². The van der Waals surface area contributed by atoms with Crippen molar-refractivity contribution in [1.29, 1.82) is 0 Å². The highest BCUT2D eigenvalue weighted by Crippen LogP contribution is 2.34. The summed E-state index contributed by atoms with van der Waals surface area (Å²) in [4.78, 5) is 0. The van der Waals surface area contributed by atoms with Gasteiger partial charge in [0.25, 0.3) is 0 Å². The van der Waals surface area contributed by atoms with Crippen LogP contribution in [-0.4, -0.2) is 17.2 Å². The third-order valence-corrected chi connectivity index (χ3v) is 3.70. The van der Waals surface area contributed by atoms with E-state index in [9.17, 15) is 8.78 Å². The summed E-state index contributed by atoms with van der Waals surface area (Å²) in [6.07, 6.45) is 1.04. The monoisotopic (exact) mass is 214 g/mol. The number of benzene rings is 1. The molecule has 1 aromatic carbocycles. The Hall–Kier alpha value is -0.570. The van der Waals surface area contributed by atoms with Gasteiger partial charge >= 0.3 is 0 Å². The molecule has 0 bridgehead atoms. The average molecular weight is 214 g/mol. The minimum Gasteiger partial charge on any atom is -0.243 e. The smallest absolute Gasteiger partial charge is 0.124 e. The van der Waals surface area contributed by atoms with E-state index in [0.717, 1.165) is 11.3 Å². The zero-order valence-corrected chi connectivity index (χ0v) is 8.62. The molecule has 0 N–H and O–H groups in total. The van der Waals surface area contributed by atoms with Crippen molar-refractivity contribution in [3.8, 4) is 0 Å². The normalized spacial score (nSPS) is 26.7. The second-order valence-electron chi connectivity index (χ2n) is 3.76. The molecule has 1 atom stereocenters. The molecule has 0 radical (unpaired) electrons. The van der Waals surface area contributed by atoms with Gasteiger partial charge in [0.1, 0.15) is 11.5 Å². The molecule has 3 heteroatoms. The predicted molar refractivity (Wildman–Crippen MR) is 55.9 cm³/mol. The van der Waals surface area contributed by atoms with Crippen LogP contribution in [0.1, 0.15) is 12.0 Å². The minimum atomic E-state index is -1.07. The third-order valence-electron chi connectivity index (χ3n) is 2.49. The molecule has 1 fully saturated rings. The topological polar surface area (TPSA) is 0 Å². The number of hydrogen-bond acceptors (Lipinski definition) is 1. The highest BCUT2D eigenvalue weighted by atomic mass is 32.2. The van der Waals surface area contributed by atoms with Crippen LogP contribution >= 0.6 is 11.8 Å². The first-order valence-corrected chi connectivity index (χ1v) is 5.85. The molecule has 0 saturated carbocycles. The maximum absolute atomic E-state index is 14.0. The molecule has 0 nitrogen and oxygen atoms in total. The molecule has 1 heterocycles. The largest absolute Gasteiger partial charge is 0.243 e. The van der Waals surface area contributed by atoms with Gasteiger partial charge < -0.3 is 0 Å².